The van der Waals surface area contributed by atoms with Crippen molar-refractivity contribution in [2.45, 2.75) is 5.32 Å². The fourth-order valence-electron chi connectivity index (χ4n) is 1.58. The molecule has 0 aromatic heterocycles. The van der Waals surface area contributed by atoms with Gasteiger partial charge in [0.1, 0.15) is 0 Å². The van der Waals surface area contributed by atoms with Gasteiger partial charge in [-0.25, -0.2) is 0 Å². The summed E-state index contributed by atoms with van der Waals surface area (Å²) in [5.74, 6) is 0. The van der Waals surface area contributed by atoms with Crippen LogP contribution in [0.3, 0.4) is 0 Å². The van der Waals surface area contributed by atoms with Crippen molar-refractivity contribution in [3.63, 3.8) is 0 Å². The maximum absolute atomic E-state index is 2.25. The molecule has 0 saturated carbocycles. The van der Waals surface area contributed by atoms with Crippen LogP contribution < -0.4 is 9.36 Å². The van der Waals surface area contributed by atoms with E-state index in [2.05, 4.69) is 73.6 Å². The standard InChI is InChI=1S/C15H17NSe/c1-16(2)14-8-10-15(11-9-14)17-12-13-6-4-3-5-7-13/h3-11H,12H2,1-2H3. The third-order valence-corrected chi connectivity index (χ3v) is 4.87. The van der Waals surface area contributed by atoms with Crippen LogP contribution in [0.5, 0.6) is 0 Å². The van der Waals surface area contributed by atoms with Crippen molar-refractivity contribution in [3.05, 3.63) is 60.2 Å². The van der Waals surface area contributed by atoms with Gasteiger partial charge >= 0.3 is 110 Å². The van der Waals surface area contributed by atoms with Crippen molar-refractivity contribution >= 4 is 25.1 Å². The van der Waals surface area contributed by atoms with Crippen LogP contribution in [0.25, 0.3) is 0 Å². The second kappa shape index (κ2) is 5.90. The van der Waals surface area contributed by atoms with Crippen LogP contribution in [0.2, 0.25) is 0 Å². The molecule has 0 unspecified atom stereocenters. The molecule has 0 spiro atoms. The third-order valence-electron chi connectivity index (χ3n) is 2.60. The van der Waals surface area contributed by atoms with Gasteiger partial charge in [-0.2, -0.15) is 0 Å². The topological polar surface area (TPSA) is 3.24 Å². The van der Waals surface area contributed by atoms with Gasteiger partial charge in [0.25, 0.3) is 0 Å². The van der Waals surface area contributed by atoms with E-state index >= 15 is 0 Å². The second-order valence-electron chi connectivity index (χ2n) is 4.16. The molecule has 17 heavy (non-hydrogen) atoms. The zero-order valence-corrected chi connectivity index (χ0v) is 12.0. The molecular formula is C15H17NSe. The molecule has 0 radical (unpaired) electrons. The van der Waals surface area contributed by atoms with E-state index in [4.69, 9.17) is 0 Å². The zero-order chi connectivity index (χ0) is 12.1. The van der Waals surface area contributed by atoms with Crippen molar-refractivity contribution in [2.24, 2.45) is 0 Å². The molecule has 2 heteroatoms. The summed E-state index contributed by atoms with van der Waals surface area (Å²) in [4.78, 5) is 2.13. The molecule has 0 fully saturated rings. The molecule has 88 valence electrons. The maximum atomic E-state index is 2.25. The zero-order valence-electron chi connectivity index (χ0n) is 10.3. The van der Waals surface area contributed by atoms with Crippen molar-refractivity contribution in [1.82, 2.24) is 0 Å². The Morgan fingerprint density at radius 2 is 1.53 bits per heavy atom. The molecule has 0 aliphatic heterocycles. The monoisotopic (exact) mass is 291 g/mol. The van der Waals surface area contributed by atoms with Gasteiger partial charge in [-0.15, -0.1) is 0 Å². The molecule has 1 nitrogen and oxygen atoms in total. The van der Waals surface area contributed by atoms with Gasteiger partial charge in [0.2, 0.25) is 0 Å². The van der Waals surface area contributed by atoms with Gasteiger partial charge in [0, 0.05) is 0 Å². The molecule has 0 saturated heterocycles. The fraction of sp³-hybridized carbons (Fsp3) is 0.200. The first-order valence-corrected chi connectivity index (χ1v) is 7.76. The molecule has 0 amide bonds. The molecule has 0 bridgehead atoms. The predicted octanol–water partition coefficient (Wildman–Crippen LogP) is 2.28. The molecule has 0 heterocycles. The summed E-state index contributed by atoms with van der Waals surface area (Å²) in [6, 6.07) is 19.6. The predicted molar refractivity (Wildman–Crippen MR) is 76.3 cm³/mol. The first-order chi connectivity index (χ1) is 8.25. The summed E-state index contributed by atoms with van der Waals surface area (Å²) < 4.78 is 1.46. The van der Waals surface area contributed by atoms with Gasteiger partial charge in [-0.05, 0) is 0 Å². The number of hydrogen-bond acceptors (Lipinski definition) is 1. The number of nitrogens with zero attached hydrogens (tertiary/aromatic N) is 1. The van der Waals surface area contributed by atoms with E-state index in [0.717, 1.165) is 0 Å². The number of benzene rings is 2. The molecule has 2 aromatic rings. The fourth-order valence-corrected chi connectivity index (χ4v) is 3.37. The summed E-state index contributed by atoms with van der Waals surface area (Å²) in [5.41, 5.74) is 2.70. The van der Waals surface area contributed by atoms with Gasteiger partial charge in [-0.1, -0.05) is 0 Å². The average molecular weight is 290 g/mol. The van der Waals surface area contributed by atoms with E-state index in [1.807, 2.05) is 0 Å². The Balaban J connectivity index is 1.96. The number of hydrogen-bond donors (Lipinski definition) is 0. The van der Waals surface area contributed by atoms with E-state index in [9.17, 15) is 0 Å². The van der Waals surface area contributed by atoms with Crippen LogP contribution in [-0.2, 0) is 5.32 Å². The molecule has 2 aromatic carbocycles. The van der Waals surface area contributed by atoms with Crippen LogP contribution in [0.1, 0.15) is 5.56 Å². The van der Waals surface area contributed by atoms with Gasteiger partial charge < -0.3 is 0 Å². The molecule has 0 atom stereocenters. The van der Waals surface area contributed by atoms with Crippen LogP contribution in [0.15, 0.2) is 54.6 Å². The Labute approximate surface area is 110 Å². The number of rotatable bonds is 4. The Morgan fingerprint density at radius 3 is 2.12 bits per heavy atom. The first kappa shape index (κ1) is 12.2. The Bertz CT molecular complexity index is 448. The Kier molecular flexibility index (Phi) is 4.24. The molecule has 0 aliphatic carbocycles. The van der Waals surface area contributed by atoms with Crippen molar-refractivity contribution in [3.8, 4) is 0 Å². The SMILES string of the molecule is CN(C)c1ccc([Se]Cc2ccccc2)cc1. The summed E-state index contributed by atoms with van der Waals surface area (Å²) >= 11 is 0.534. The van der Waals surface area contributed by atoms with E-state index < -0.39 is 0 Å². The third kappa shape index (κ3) is 3.62. The van der Waals surface area contributed by atoms with E-state index in [-0.39, 0.29) is 0 Å². The van der Waals surface area contributed by atoms with Crippen molar-refractivity contribution < 1.29 is 0 Å². The van der Waals surface area contributed by atoms with Crippen LogP contribution in [-0.4, -0.2) is 29.1 Å². The molecule has 0 N–H and O–H groups in total. The minimum atomic E-state index is 0.534. The van der Waals surface area contributed by atoms with Gasteiger partial charge in [-0.3, -0.25) is 0 Å². The molecule has 2 rings (SSSR count). The van der Waals surface area contributed by atoms with Crippen molar-refractivity contribution in [1.29, 1.82) is 0 Å². The van der Waals surface area contributed by atoms with Gasteiger partial charge in [0.15, 0.2) is 0 Å². The first-order valence-electron chi connectivity index (χ1n) is 5.70. The Hall–Kier alpha value is -1.24. The van der Waals surface area contributed by atoms with Gasteiger partial charge in [0.05, 0.1) is 0 Å². The average Bonchev–Trinajstić information content (AvgIpc) is 2.38. The van der Waals surface area contributed by atoms with E-state index in [1.165, 1.54) is 21.0 Å². The van der Waals surface area contributed by atoms with Crippen LogP contribution >= 0.6 is 0 Å². The summed E-state index contributed by atoms with van der Waals surface area (Å²) in [5, 5.41) is 1.18. The van der Waals surface area contributed by atoms with Crippen LogP contribution in [0.4, 0.5) is 5.69 Å². The Morgan fingerprint density at radius 1 is 0.882 bits per heavy atom. The van der Waals surface area contributed by atoms with E-state index in [0.29, 0.717) is 15.0 Å². The molecule has 0 aliphatic rings. The quantitative estimate of drug-likeness (QED) is 0.781. The second-order valence-corrected chi connectivity index (χ2v) is 6.36. The summed E-state index contributed by atoms with van der Waals surface area (Å²) in [6.45, 7) is 0. The summed E-state index contributed by atoms with van der Waals surface area (Å²) in [6.07, 6.45) is 0. The normalized spacial score (nSPS) is 10.2. The molecular weight excluding hydrogens is 273 g/mol. The summed E-state index contributed by atoms with van der Waals surface area (Å²) in [7, 11) is 4.15. The van der Waals surface area contributed by atoms with E-state index in [1.54, 1.807) is 0 Å². The minimum absolute atomic E-state index is 0.534. The van der Waals surface area contributed by atoms with Crippen LogP contribution in [0, 0.1) is 0 Å². The number of anilines is 1. The van der Waals surface area contributed by atoms with Crippen molar-refractivity contribution in [2.75, 3.05) is 19.0 Å².